The third-order valence-electron chi connectivity index (χ3n) is 6.28. The van der Waals surface area contributed by atoms with Gasteiger partial charge in [-0.15, -0.1) is 0 Å². The molecular weight excluding hydrogens is 591 g/mol. The topological polar surface area (TPSA) is 83.8 Å². The Labute approximate surface area is 249 Å². The molecule has 0 radical (unpaired) electrons. The molecule has 0 saturated heterocycles. The number of carbonyl (C=O) groups is 1. The Morgan fingerprint density at radius 1 is 0.950 bits per heavy atom. The van der Waals surface area contributed by atoms with E-state index in [0.29, 0.717) is 21.5 Å². The standard InChI is InChI=1S/C29H27Cl3N4O3S/c1-20-16-23(21(2)36(20)28-17-25(31)10-13-27(28)32)18-33-34-29(37)19-35(15-14-22-6-4-3-5-7-22)40(38,39)26-11-8-24(30)9-12-26/h3-13,16-18H,14-15,19H2,1-2H3,(H,34,37)/b33-18-. The van der Waals surface area contributed by atoms with Crippen molar-refractivity contribution in [2.45, 2.75) is 25.2 Å². The van der Waals surface area contributed by atoms with Crippen molar-refractivity contribution in [2.75, 3.05) is 13.1 Å². The first-order chi connectivity index (χ1) is 19.1. The van der Waals surface area contributed by atoms with Crippen molar-refractivity contribution in [3.8, 4) is 5.69 Å². The summed E-state index contributed by atoms with van der Waals surface area (Å²) in [5.74, 6) is -0.575. The van der Waals surface area contributed by atoms with Crippen LogP contribution in [0.3, 0.4) is 0 Å². The number of nitrogens with zero attached hydrogens (tertiary/aromatic N) is 3. The lowest BCUT2D eigenvalue weighted by Gasteiger charge is -2.21. The molecule has 7 nitrogen and oxygen atoms in total. The minimum absolute atomic E-state index is 0.0494. The van der Waals surface area contributed by atoms with E-state index in [0.717, 1.165) is 32.5 Å². The maximum Gasteiger partial charge on any atom is 0.255 e. The summed E-state index contributed by atoms with van der Waals surface area (Å²) < 4.78 is 29.9. The molecule has 40 heavy (non-hydrogen) atoms. The average molecular weight is 618 g/mol. The quantitative estimate of drug-likeness (QED) is 0.164. The van der Waals surface area contributed by atoms with Gasteiger partial charge >= 0.3 is 0 Å². The molecule has 0 saturated carbocycles. The van der Waals surface area contributed by atoms with Gasteiger partial charge in [-0.25, -0.2) is 13.8 Å². The number of benzene rings is 3. The lowest BCUT2D eigenvalue weighted by atomic mass is 10.1. The van der Waals surface area contributed by atoms with Crippen LogP contribution in [0.1, 0.15) is 22.5 Å². The van der Waals surface area contributed by atoms with Gasteiger partial charge in [-0.2, -0.15) is 9.41 Å². The van der Waals surface area contributed by atoms with Crippen LogP contribution in [0.25, 0.3) is 5.69 Å². The number of hydrogen-bond acceptors (Lipinski definition) is 4. The summed E-state index contributed by atoms with van der Waals surface area (Å²) in [6.45, 7) is 3.52. The van der Waals surface area contributed by atoms with E-state index in [-0.39, 0.29) is 11.4 Å². The first-order valence-corrected chi connectivity index (χ1v) is 14.9. The number of amides is 1. The van der Waals surface area contributed by atoms with Gasteiger partial charge in [0.25, 0.3) is 5.91 Å². The average Bonchev–Trinajstić information content (AvgIpc) is 3.21. The summed E-state index contributed by atoms with van der Waals surface area (Å²) >= 11 is 18.5. The van der Waals surface area contributed by atoms with Gasteiger partial charge in [0, 0.05) is 33.5 Å². The molecule has 0 bridgehead atoms. The normalized spacial score (nSPS) is 11.8. The Hall–Kier alpha value is -3.14. The molecule has 3 aromatic carbocycles. The van der Waals surface area contributed by atoms with Crippen molar-refractivity contribution in [1.82, 2.24) is 14.3 Å². The Balaban J connectivity index is 1.50. The van der Waals surface area contributed by atoms with Crippen molar-refractivity contribution in [1.29, 1.82) is 0 Å². The van der Waals surface area contributed by atoms with Crippen LogP contribution in [0.4, 0.5) is 0 Å². The van der Waals surface area contributed by atoms with Crippen LogP contribution < -0.4 is 5.43 Å². The van der Waals surface area contributed by atoms with E-state index in [1.54, 1.807) is 18.2 Å². The molecule has 1 N–H and O–H groups in total. The predicted octanol–water partition coefficient (Wildman–Crippen LogP) is 6.44. The van der Waals surface area contributed by atoms with Crippen LogP contribution in [-0.4, -0.2) is 42.5 Å². The Bertz CT molecular complexity index is 1640. The number of nitrogens with one attached hydrogen (secondary N) is 1. The third-order valence-corrected chi connectivity index (χ3v) is 8.94. The molecule has 11 heteroatoms. The zero-order valence-electron chi connectivity index (χ0n) is 21.8. The fraction of sp³-hybridized carbons (Fsp3) is 0.172. The minimum atomic E-state index is -3.97. The summed E-state index contributed by atoms with van der Waals surface area (Å²) in [6, 6.07) is 22.4. The van der Waals surface area contributed by atoms with Crippen molar-refractivity contribution in [2.24, 2.45) is 5.10 Å². The second-order valence-corrected chi connectivity index (χ2v) is 12.3. The minimum Gasteiger partial charge on any atom is -0.316 e. The van der Waals surface area contributed by atoms with Crippen LogP contribution in [0.5, 0.6) is 0 Å². The summed E-state index contributed by atoms with van der Waals surface area (Å²) in [6.07, 6.45) is 1.94. The number of rotatable bonds is 10. The number of hydrazone groups is 1. The van der Waals surface area contributed by atoms with Gasteiger partial charge in [-0.3, -0.25) is 4.79 Å². The monoisotopic (exact) mass is 616 g/mol. The maximum absolute atomic E-state index is 13.4. The molecule has 0 unspecified atom stereocenters. The Morgan fingerprint density at radius 2 is 1.62 bits per heavy atom. The number of sulfonamides is 1. The van der Waals surface area contributed by atoms with E-state index < -0.39 is 22.5 Å². The van der Waals surface area contributed by atoms with E-state index in [1.807, 2.05) is 54.8 Å². The van der Waals surface area contributed by atoms with Crippen LogP contribution >= 0.6 is 34.8 Å². The van der Waals surface area contributed by atoms with Gasteiger partial charge in [0.15, 0.2) is 0 Å². The molecule has 1 heterocycles. The number of hydrogen-bond donors (Lipinski definition) is 1. The molecule has 0 atom stereocenters. The number of carbonyl (C=O) groups excluding carboxylic acids is 1. The Kier molecular flexibility index (Phi) is 9.71. The van der Waals surface area contributed by atoms with E-state index in [2.05, 4.69) is 10.5 Å². The second-order valence-electron chi connectivity index (χ2n) is 9.08. The molecule has 4 rings (SSSR count). The first-order valence-electron chi connectivity index (χ1n) is 12.3. The third kappa shape index (κ3) is 7.13. The molecule has 0 aliphatic carbocycles. The highest BCUT2D eigenvalue weighted by Crippen LogP contribution is 2.28. The zero-order chi connectivity index (χ0) is 28.9. The zero-order valence-corrected chi connectivity index (χ0v) is 24.9. The SMILES string of the molecule is Cc1cc(/C=N\NC(=O)CN(CCc2ccccc2)S(=O)(=O)c2ccc(Cl)cc2)c(C)n1-c1cc(Cl)ccc1Cl. The summed E-state index contributed by atoms with van der Waals surface area (Å²) in [4.78, 5) is 12.9. The predicted molar refractivity (Wildman–Crippen MR) is 161 cm³/mol. The van der Waals surface area contributed by atoms with Crippen molar-refractivity contribution >= 4 is 56.9 Å². The molecule has 0 aliphatic heterocycles. The lowest BCUT2D eigenvalue weighted by Crippen LogP contribution is -2.40. The number of halogens is 3. The van der Waals surface area contributed by atoms with Crippen molar-refractivity contribution in [3.63, 3.8) is 0 Å². The van der Waals surface area contributed by atoms with Crippen LogP contribution in [0.15, 0.2) is 88.9 Å². The fourth-order valence-corrected chi connectivity index (χ4v) is 6.15. The van der Waals surface area contributed by atoms with Gasteiger partial charge in [0.05, 0.1) is 28.4 Å². The van der Waals surface area contributed by atoms with Crippen molar-refractivity contribution < 1.29 is 13.2 Å². The lowest BCUT2D eigenvalue weighted by molar-refractivity contribution is -0.121. The highest BCUT2D eigenvalue weighted by Gasteiger charge is 2.26. The molecule has 0 aliphatic rings. The van der Waals surface area contributed by atoms with E-state index in [4.69, 9.17) is 34.8 Å². The van der Waals surface area contributed by atoms with Gasteiger partial charge in [-0.05, 0) is 74.4 Å². The molecule has 1 aromatic heterocycles. The largest absolute Gasteiger partial charge is 0.316 e. The van der Waals surface area contributed by atoms with Gasteiger partial charge in [0.2, 0.25) is 10.0 Å². The number of aryl methyl sites for hydroxylation is 1. The maximum atomic E-state index is 13.4. The number of aromatic nitrogens is 1. The Morgan fingerprint density at radius 3 is 2.33 bits per heavy atom. The van der Waals surface area contributed by atoms with Gasteiger partial charge in [0.1, 0.15) is 0 Å². The molecular formula is C29H27Cl3N4O3S. The molecule has 4 aromatic rings. The fourth-order valence-electron chi connectivity index (χ4n) is 4.25. The molecule has 208 valence electrons. The summed E-state index contributed by atoms with van der Waals surface area (Å²) in [5.41, 5.74) is 6.63. The van der Waals surface area contributed by atoms with E-state index in [9.17, 15) is 13.2 Å². The van der Waals surface area contributed by atoms with Crippen LogP contribution in [0, 0.1) is 13.8 Å². The van der Waals surface area contributed by atoms with Gasteiger partial charge in [-0.1, -0.05) is 65.1 Å². The molecule has 0 fully saturated rings. The highest BCUT2D eigenvalue weighted by atomic mass is 35.5. The van der Waals surface area contributed by atoms with Gasteiger partial charge < -0.3 is 4.57 Å². The molecule has 1 amide bonds. The van der Waals surface area contributed by atoms with Crippen molar-refractivity contribution in [3.05, 3.63) is 116 Å². The second kappa shape index (κ2) is 13.0. The van der Waals surface area contributed by atoms with E-state index in [1.165, 1.54) is 30.5 Å². The van der Waals surface area contributed by atoms with Crippen LogP contribution in [-0.2, 0) is 21.2 Å². The van der Waals surface area contributed by atoms with Crippen LogP contribution in [0.2, 0.25) is 15.1 Å². The smallest absolute Gasteiger partial charge is 0.255 e. The summed E-state index contributed by atoms with van der Waals surface area (Å²) in [7, 11) is -3.97. The van der Waals surface area contributed by atoms with E-state index >= 15 is 0 Å². The summed E-state index contributed by atoms with van der Waals surface area (Å²) in [5, 5.41) is 5.61. The highest BCUT2D eigenvalue weighted by molar-refractivity contribution is 7.89. The molecule has 0 spiro atoms. The first kappa shape index (κ1) is 29.8.